The molecule has 1 aromatic carbocycles. The average molecular weight is 488 g/mol. The minimum absolute atomic E-state index is 0.446. The van der Waals surface area contributed by atoms with E-state index in [2.05, 4.69) is 37.2 Å². The Morgan fingerprint density at radius 2 is 1.81 bits per heavy atom. The summed E-state index contributed by atoms with van der Waals surface area (Å²) >= 11 is 0. The maximum Gasteiger partial charge on any atom is 0.231 e. The van der Waals surface area contributed by atoms with Crippen molar-refractivity contribution in [2.45, 2.75) is 38.1 Å². The normalized spacial score (nSPS) is 17.4. The highest BCUT2D eigenvalue weighted by Crippen LogP contribution is 2.32. The lowest BCUT2D eigenvalue weighted by molar-refractivity contribution is 0.0398. The van der Waals surface area contributed by atoms with Gasteiger partial charge in [-0.1, -0.05) is 19.3 Å². The van der Waals surface area contributed by atoms with Crippen LogP contribution in [0, 0.1) is 0 Å². The number of hydrogen-bond acceptors (Lipinski definition) is 8. The van der Waals surface area contributed by atoms with Gasteiger partial charge < -0.3 is 24.5 Å². The summed E-state index contributed by atoms with van der Waals surface area (Å²) in [6.07, 6.45) is 13.6. The zero-order chi connectivity index (χ0) is 24.2. The fourth-order valence-corrected chi connectivity index (χ4v) is 5.14. The molecule has 10 nitrogen and oxygen atoms in total. The molecule has 1 saturated carbocycles. The van der Waals surface area contributed by atoms with E-state index >= 15 is 0 Å². The number of fused-ring (bicyclic) bond motifs is 1. The minimum atomic E-state index is 0.446. The summed E-state index contributed by atoms with van der Waals surface area (Å²) in [7, 11) is 0. The van der Waals surface area contributed by atoms with Gasteiger partial charge in [-0.2, -0.15) is 9.97 Å². The second-order valence-electron chi connectivity index (χ2n) is 9.53. The van der Waals surface area contributed by atoms with E-state index in [1.54, 1.807) is 12.5 Å². The molecule has 1 aliphatic heterocycles. The predicted molar refractivity (Wildman–Crippen MR) is 140 cm³/mol. The maximum atomic E-state index is 5.47. The van der Waals surface area contributed by atoms with E-state index in [4.69, 9.17) is 19.7 Å². The van der Waals surface area contributed by atoms with Crippen LogP contribution in [0.25, 0.3) is 16.9 Å². The first-order valence-electron chi connectivity index (χ1n) is 13.0. The van der Waals surface area contributed by atoms with Gasteiger partial charge in [0, 0.05) is 56.0 Å². The zero-order valence-corrected chi connectivity index (χ0v) is 20.5. The first-order valence-corrected chi connectivity index (χ1v) is 13.0. The molecule has 0 radical (unpaired) electrons. The van der Waals surface area contributed by atoms with Gasteiger partial charge in [-0.25, -0.2) is 9.97 Å². The Morgan fingerprint density at radius 3 is 2.58 bits per heavy atom. The second kappa shape index (κ2) is 10.6. The Morgan fingerprint density at radius 1 is 0.972 bits per heavy atom. The number of imidazole rings is 2. The number of nitrogens with one attached hydrogen (secondary N) is 2. The molecular formula is C26H33N9O. The lowest BCUT2D eigenvalue weighted by Crippen LogP contribution is -2.39. The van der Waals surface area contributed by atoms with Crippen LogP contribution in [-0.2, 0) is 4.74 Å². The van der Waals surface area contributed by atoms with E-state index < -0.39 is 0 Å². The number of anilines is 3. The van der Waals surface area contributed by atoms with Crippen LogP contribution in [-0.4, -0.2) is 73.4 Å². The lowest BCUT2D eigenvalue weighted by atomic mass is 9.95. The van der Waals surface area contributed by atoms with E-state index in [1.807, 2.05) is 29.2 Å². The van der Waals surface area contributed by atoms with Crippen molar-refractivity contribution in [3.8, 4) is 5.69 Å². The van der Waals surface area contributed by atoms with Crippen LogP contribution in [0.3, 0.4) is 0 Å². The third kappa shape index (κ3) is 5.05. The summed E-state index contributed by atoms with van der Waals surface area (Å²) < 4.78 is 9.71. The Bertz CT molecular complexity index is 1260. The summed E-state index contributed by atoms with van der Waals surface area (Å²) in [5.74, 6) is 1.35. The monoisotopic (exact) mass is 487 g/mol. The number of nitrogens with zero attached hydrogens (tertiary/aromatic N) is 7. The van der Waals surface area contributed by atoms with Gasteiger partial charge in [-0.05, 0) is 37.1 Å². The second-order valence-corrected chi connectivity index (χ2v) is 9.53. The Labute approximate surface area is 210 Å². The third-order valence-corrected chi connectivity index (χ3v) is 7.14. The van der Waals surface area contributed by atoms with Crippen LogP contribution in [0.15, 0.2) is 49.3 Å². The zero-order valence-electron chi connectivity index (χ0n) is 20.5. The molecule has 1 aliphatic carbocycles. The summed E-state index contributed by atoms with van der Waals surface area (Å²) in [6, 6.07) is 8.62. The van der Waals surface area contributed by atoms with Crippen LogP contribution < -0.4 is 10.6 Å². The topological polar surface area (TPSA) is 98.0 Å². The van der Waals surface area contributed by atoms with Gasteiger partial charge in [0.1, 0.15) is 0 Å². The van der Waals surface area contributed by atoms with Crippen molar-refractivity contribution >= 4 is 28.6 Å². The fraction of sp³-hybridized carbons (Fsp3) is 0.462. The van der Waals surface area contributed by atoms with Gasteiger partial charge in [0.25, 0.3) is 0 Å². The van der Waals surface area contributed by atoms with E-state index in [1.165, 1.54) is 32.1 Å². The van der Waals surface area contributed by atoms with Gasteiger partial charge in [0.15, 0.2) is 17.0 Å². The largest absolute Gasteiger partial charge is 0.379 e. The molecule has 4 aromatic rings. The predicted octanol–water partition coefficient (Wildman–Crippen LogP) is 4.00. The SMILES string of the molecule is c1cn(-c2ccc(Nc3nc(NCCN4CCOCC4)c4ncn(C5CCCCC5)c4n3)cc2)cn1. The molecule has 2 aliphatic rings. The Kier molecular flexibility index (Phi) is 6.77. The van der Waals surface area contributed by atoms with Crippen molar-refractivity contribution < 1.29 is 4.74 Å². The lowest BCUT2D eigenvalue weighted by Gasteiger charge is -2.26. The van der Waals surface area contributed by atoms with Gasteiger partial charge in [-0.3, -0.25) is 4.90 Å². The number of rotatable bonds is 8. The van der Waals surface area contributed by atoms with Crippen molar-refractivity contribution in [1.29, 1.82) is 0 Å². The van der Waals surface area contributed by atoms with Crippen LogP contribution in [0.4, 0.5) is 17.5 Å². The number of morpholine rings is 1. The maximum absolute atomic E-state index is 5.47. The molecule has 0 amide bonds. The molecule has 0 unspecified atom stereocenters. The molecule has 0 atom stereocenters. The summed E-state index contributed by atoms with van der Waals surface area (Å²) in [4.78, 5) is 21.1. The highest BCUT2D eigenvalue weighted by Gasteiger charge is 2.21. The van der Waals surface area contributed by atoms with E-state index in [9.17, 15) is 0 Å². The van der Waals surface area contributed by atoms with Crippen molar-refractivity contribution in [1.82, 2.24) is 34.0 Å². The molecule has 3 aromatic heterocycles. The highest BCUT2D eigenvalue weighted by molar-refractivity contribution is 5.84. The number of aromatic nitrogens is 6. The van der Waals surface area contributed by atoms with Crippen molar-refractivity contribution in [2.24, 2.45) is 0 Å². The van der Waals surface area contributed by atoms with Crippen LogP contribution in [0.5, 0.6) is 0 Å². The van der Waals surface area contributed by atoms with Crippen LogP contribution in [0.2, 0.25) is 0 Å². The molecule has 0 spiro atoms. The number of benzene rings is 1. The summed E-state index contributed by atoms with van der Waals surface area (Å²) in [5.41, 5.74) is 3.71. The highest BCUT2D eigenvalue weighted by atomic mass is 16.5. The molecule has 2 N–H and O–H groups in total. The molecule has 6 rings (SSSR count). The standard InChI is InChI=1S/C26H33N9O/c1-2-4-22(5-3-1)35-19-29-23-24(28-11-12-33-14-16-36-17-15-33)31-26(32-25(23)35)30-20-6-8-21(9-7-20)34-13-10-27-18-34/h6-10,13,18-19,22H,1-5,11-12,14-17H2,(H2,28,30,31,32). The number of ether oxygens (including phenoxy) is 1. The van der Waals surface area contributed by atoms with Crippen LogP contribution in [0.1, 0.15) is 38.1 Å². The van der Waals surface area contributed by atoms with Crippen LogP contribution >= 0.6 is 0 Å². The van der Waals surface area contributed by atoms with Gasteiger partial charge >= 0.3 is 0 Å². The molecule has 36 heavy (non-hydrogen) atoms. The van der Waals surface area contributed by atoms with Crippen molar-refractivity contribution in [3.05, 3.63) is 49.3 Å². The van der Waals surface area contributed by atoms with Crippen molar-refractivity contribution in [2.75, 3.05) is 50.0 Å². The fourth-order valence-electron chi connectivity index (χ4n) is 5.14. The van der Waals surface area contributed by atoms with Gasteiger partial charge in [0.05, 0.1) is 25.9 Å². The quantitative estimate of drug-likeness (QED) is 0.385. The molecule has 10 heteroatoms. The number of hydrogen-bond donors (Lipinski definition) is 2. The molecule has 2 fully saturated rings. The summed E-state index contributed by atoms with van der Waals surface area (Å²) in [6.45, 7) is 5.28. The van der Waals surface area contributed by atoms with E-state index in [-0.39, 0.29) is 0 Å². The molecule has 4 heterocycles. The van der Waals surface area contributed by atoms with Gasteiger partial charge in [-0.15, -0.1) is 0 Å². The molecule has 188 valence electrons. The van der Waals surface area contributed by atoms with Crippen molar-refractivity contribution in [3.63, 3.8) is 0 Å². The first kappa shape index (κ1) is 22.9. The van der Waals surface area contributed by atoms with Gasteiger partial charge in [0.2, 0.25) is 5.95 Å². The molecular weight excluding hydrogens is 454 g/mol. The smallest absolute Gasteiger partial charge is 0.231 e. The Balaban J connectivity index is 1.26. The summed E-state index contributed by atoms with van der Waals surface area (Å²) in [5, 5.41) is 6.96. The minimum Gasteiger partial charge on any atom is -0.379 e. The van der Waals surface area contributed by atoms with E-state index in [0.717, 1.165) is 67.7 Å². The molecule has 0 bridgehead atoms. The average Bonchev–Trinajstić information content (AvgIpc) is 3.61. The Hall–Kier alpha value is -3.50. The third-order valence-electron chi connectivity index (χ3n) is 7.14. The van der Waals surface area contributed by atoms with E-state index in [0.29, 0.717) is 12.0 Å². The first-order chi connectivity index (χ1) is 17.8. The molecule has 1 saturated heterocycles.